The molecule has 1 aliphatic rings. The first kappa shape index (κ1) is 9.44. The summed E-state index contributed by atoms with van der Waals surface area (Å²) in [6.45, 7) is 1.93. The molecule has 1 aliphatic carbocycles. The molecule has 0 spiro atoms. The van der Waals surface area contributed by atoms with Crippen molar-refractivity contribution in [2.75, 3.05) is 0 Å². The van der Waals surface area contributed by atoms with E-state index in [9.17, 15) is 0 Å². The molecule has 0 radical (unpaired) electrons. The van der Waals surface area contributed by atoms with Gasteiger partial charge in [0, 0.05) is 5.56 Å². The van der Waals surface area contributed by atoms with Crippen LogP contribution < -0.4 is 0 Å². The standard InChI is InChI=1S/C12H14O2/c1-8-10-5-3-2-4-9(10)6-7-11(8)12(13)14/h3,5-7,12-14H,2,4H2,1H3. The highest BCUT2D eigenvalue weighted by Crippen LogP contribution is 2.27. The van der Waals surface area contributed by atoms with Gasteiger partial charge in [0.25, 0.3) is 0 Å². The Bertz CT molecular complexity index is 378. The molecule has 2 N–H and O–H groups in total. The van der Waals surface area contributed by atoms with Crippen LogP contribution in [-0.4, -0.2) is 10.2 Å². The average Bonchev–Trinajstić information content (AvgIpc) is 2.18. The van der Waals surface area contributed by atoms with Gasteiger partial charge in [-0.2, -0.15) is 0 Å². The summed E-state index contributed by atoms with van der Waals surface area (Å²) in [6, 6.07) is 3.79. The second kappa shape index (κ2) is 3.56. The minimum atomic E-state index is -1.37. The molecule has 14 heavy (non-hydrogen) atoms. The van der Waals surface area contributed by atoms with Crippen LogP contribution >= 0.6 is 0 Å². The Morgan fingerprint density at radius 2 is 2.07 bits per heavy atom. The molecule has 0 bridgehead atoms. The van der Waals surface area contributed by atoms with E-state index < -0.39 is 6.29 Å². The largest absolute Gasteiger partial charge is 0.364 e. The van der Waals surface area contributed by atoms with Gasteiger partial charge in [-0.05, 0) is 36.5 Å². The van der Waals surface area contributed by atoms with Gasteiger partial charge in [-0.15, -0.1) is 0 Å². The fourth-order valence-corrected chi connectivity index (χ4v) is 1.97. The molecule has 0 saturated carbocycles. The first-order chi connectivity index (χ1) is 6.70. The molecule has 0 unspecified atom stereocenters. The van der Waals surface area contributed by atoms with Crippen LogP contribution in [-0.2, 0) is 6.42 Å². The Morgan fingerprint density at radius 3 is 2.79 bits per heavy atom. The summed E-state index contributed by atoms with van der Waals surface area (Å²) in [4.78, 5) is 0. The van der Waals surface area contributed by atoms with Gasteiger partial charge >= 0.3 is 0 Å². The van der Waals surface area contributed by atoms with Gasteiger partial charge in [0.15, 0.2) is 6.29 Å². The number of allylic oxidation sites excluding steroid dienone is 1. The molecule has 1 aromatic carbocycles. The summed E-state index contributed by atoms with van der Waals surface area (Å²) >= 11 is 0. The van der Waals surface area contributed by atoms with Crippen molar-refractivity contribution in [3.8, 4) is 0 Å². The summed E-state index contributed by atoms with van der Waals surface area (Å²) in [6.07, 6.45) is 4.96. The van der Waals surface area contributed by atoms with Crippen LogP contribution in [0, 0.1) is 6.92 Å². The lowest BCUT2D eigenvalue weighted by molar-refractivity contribution is -0.0429. The third kappa shape index (κ3) is 1.47. The van der Waals surface area contributed by atoms with Crippen molar-refractivity contribution in [2.24, 2.45) is 0 Å². The quantitative estimate of drug-likeness (QED) is 0.664. The maximum Gasteiger partial charge on any atom is 0.178 e. The SMILES string of the molecule is Cc1c(C(O)O)ccc2c1C=CCC2. The molecule has 0 aliphatic heterocycles. The molecule has 0 saturated heterocycles. The van der Waals surface area contributed by atoms with Crippen LogP contribution in [0.3, 0.4) is 0 Å². The lowest BCUT2D eigenvalue weighted by Gasteiger charge is -2.17. The zero-order valence-electron chi connectivity index (χ0n) is 8.20. The van der Waals surface area contributed by atoms with E-state index in [2.05, 4.69) is 12.2 Å². The van der Waals surface area contributed by atoms with Crippen molar-refractivity contribution < 1.29 is 10.2 Å². The lowest BCUT2D eigenvalue weighted by Crippen LogP contribution is -2.04. The number of aliphatic hydroxyl groups excluding tert-OH is 1. The molecule has 0 fully saturated rings. The van der Waals surface area contributed by atoms with Gasteiger partial charge in [0.1, 0.15) is 0 Å². The number of rotatable bonds is 1. The molecule has 0 amide bonds. The first-order valence-electron chi connectivity index (χ1n) is 4.85. The van der Waals surface area contributed by atoms with Crippen LogP contribution in [0.25, 0.3) is 6.08 Å². The smallest absolute Gasteiger partial charge is 0.178 e. The molecular weight excluding hydrogens is 176 g/mol. The van der Waals surface area contributed by atoms with E-state index >= 15 is 0 Å². The summed E-state index contributed by atoms with van der Waals surface area (Å²) in [7, 11) is 0. The van der Waals surface area contributed by atoms with E-state index in [4.69, 9.17) is 10.2 Å². The van der Waals surface area contributed by atoms with Gasteiger partial charge in [0.2, 0.25) is 0 Å². The number of hydrogen-bond donors (Lipinski definition) is 2. The minimum absolute atomic E-state index is 0.607. The topological polar surface area (TPSA) is 40.5 Å². The summed E-state index contributed by atoms with van der Waals surface area (Å²) in [5, 5.41) is 18.3. The number of benzene rings is 1. The van der Waals surface area contributed by atoms with Crippen LogP contribution in [0.15, 0.2) is 18.2 Å². The van der Waals surface area contributed by atoms with Gasteiger partial charge in [-0.3, -0.25) is 0 Å². The van der Waals surface area contributed by atoms with Crippen LogP contribution in [0.2, 0.25) is 0 Å². The normalized spacial score (nSPS) is 14.6. The minimum Gasteiger partial charge on any atom is -0.364 e. The van der Waals surface area contributed by atoms with Crippen molar-refractivity contribution in [2.45, 2.75) is 26.1 Å². The highest BCUT2D eigenvalue weighted by Gasteiger charge is 2.13. The van der Waals surface area contributed by atoms with Crippen LogP contribution in [0.4, 0.5) is 0 Å². The maximum absolute atomic E-state index is 9.14. The van der Waals surface area contributed by atoms with E-state index in [0.717, 1.165) is 24.0 Å². The maximum atomic E-state index is 9.14. The Balaban J connectivity index is 2.56. The molecular formula is C12H14O2. The van der Waals surface area contributed by atoms with Gasteiger partial charge in [-0.1, -0.05) is 24.3 Å². The Labute approximate surface area is 83.5 Å². The molecule has 2 heteroatoms. The zero-order valence-corrected chi connectivity index (χ0v) is 8.20. The summed E-state index contributed by atoms with van der Waals surface area (Å²) in [5.41, 5.74) is 4.04. The van der Waals surface area contributed by atoms with Crippen LogP contribution in [0.5, 0.6) is 0 Å². The number of fused-ring (bicyclic) bond motifs is 1. The van der Waals surface area contributed by atoms with E-state index in [1.165, 1.54) is 5.56 Å². The van der Waals surface area contributed by atoms with Gasteiger partial charge in [-0.25, -0.2) is 0 Å². The monoisotopic (exact) mass is 190 g/mol. The lowest BCUT2D eigenvalue weighted by atomic mass is 9.91. The number of aliphatic hydroxyl groups is 2. The fourth-order valence-electron chi connectivity index (χ4n) is 1.97. The molecule has 0 heterocycles. The Kier molecular flexibility index (Phi) is 2.40. The summed E-state index contributed by atoms with van der Waals surface area (Å²) in [5.74, 6) is 0. The third-order valence-corrected chi connectivity index (χ3v) is 2.79. The van der Waals surface area contributed by atoms with E-state index in [-0.39, 0.29) is 0 Å². The molecule has 2 rings (SSSR count). The van der Waals surface area contributed by atoms with E-state index in [1.54, 1.807) is 6.07 Å². The van der Waals surface area contributed by atoms with Crippen molar-refractivity contribution in [3.05, 3.63) is 40.5 Å². The molecule has 74 valence electrons. The number of aryl methyl sites for hydroxylation is 1. The molecule has 2 nitrogen and oxygen atoms in total. The molecule has 0 aromatic heterocycles. The van der Waals surface area contributed by atoms with Crippen molar-refractivity contribution in [3.63, 3.8) is 0 Å². The van der Waals surface area contributed by atoms with Crippen LogP contribution in [0.1, 0.15) is 35.0 Å². The highest BCUT2D eigenvalue weighted by atomic mass is 16.5. The second-order valence-corrected chi connectivity index (χ2v) is 3.67. The highest BCUT2D eigenvalue weighted by molar-refractivity contribution is 5.61. The van der Waals surface area contributed by atoms with E-state index in [0.29, 0.717) is 5.56 Å². The first-order valence-corrected chi connectivity index (χ1v) is 4.85. The average molecular weight is 190 g/mol. The second-order valence-electron chi connectivity index (χ2n) is 3.67. The Hall–Kier alpha value is -1.12. The van der Waals surface area contributed by atoms with Gasteiger partial charge in [0.05, 0.1) is 0 Å². The third-order valence-electron chi connectivity index (χ3n) is 2.79. The summed E-state index contributed by atoms with van der Waals surface area (Å²) < 4.78 is 0. The predicted octanol–water partition coefficient (Wildman–Crippen LogP) is 1.94. The van der Waals surface area contributed by atoms with Gasteiger partial charge < -0.3 is 10.2 Å². The fraction of sp³-hybridized carbons (Fsp3) is 0.333. The number of hydrogen-bond acceptors (Lipinski definition) is 2. The van der Waals surface area contributed by atoms with Crippen molar-refractivity contribution in [1.29, 1.82) is 0 Å². The Morgan fingerprint density at radius 1 is 1.29 bits per heavy atom. The molecule has 1 aromatic rings. The predicted molar refractivity (Wildman–Crippen MR) is 55.7 cm³/mol. The van der Waals surface area contributed by atoms with Crippen molar-refractivity contribution in [1.82, 2.24) is 0 Å². The van der Waals surface area contributed by atoms with E-state index in [1.807, 2.05) is 13.0 Å². The zero-order chi connectivity index (χ0) is 10.1. The van der Waals surface area contributed by atoms with Crippen molar-refractivity contribution >= 4 is 6.08 Å². The molecule has 0 atom stereocenters.